The number of ether oxygens (including phenoxy) is 3. The van der Waals surface area contributed by atoms with Crippen molar-refractivity contribution in [2.24, 2.45) is 0 Å². The molecule has 0 radical (unpaired) electrons. The lowest BCUT2D eigenvalue weighted by Gasteiger charge is -2.22. The number of hydrogen-bond donors (Lipinski definition) is 2. The first kappa shape index (κ1) is 24.7. The van der Waals surface area contributed by atoms with E-state index in [2.05, 4.69) is 18.5 Å². The Morgan fingerprint density at radius 2 is 1.63 bits per heavy atom. The fourth-order valence-corrected chi connectivity index (χ4v) is 2.03. The van der Waals surface area contributed by atoms with E-state index in [1.165, 1.54) is 6.92 Å². The van der Waals surface area contributed by atoms with E-state index in [0.29, 0.717) is 12.0 Å². The Hall–Kier alpha value is -2.35. The third kappa shape index (κ3) is 11.8. The maximum atomic E-state index is 11.7. The smallest absolute Gasteiger partial charge is 0.407 e. The van der Waals surface area contributed by atoms with Gasteiger partial charge in [0.05, 0.1) is 12.6 Å². The number of alkyl carbamates (subject to hydrolysis) is 1. The second-order valence-corrected chi connectivity index (χ2v) is 6.40. The molecule has 0 spiro atoms. The highest BCUT2D eigenvalue weighted by Crippen LogP contribution is 2.14. The van der Waals surface area contributed by atoms with E-state index in [-0.39, 0.29) is 31.6 Å². The molecule has 0 fully saturated rings. The van der Waals surface area contributed by atoms with Crippen LogP contribution >= 0.6 is 0 Å². The van der Waals surface area contributed by atoms with Crippen LogP contribution in [-0.2, 0) is 23.8 Å². The standard InChI is InChI=1S/C19H31NO7/c1-7-16(27-18(23)13(4)5)11-15(21)10-14(6)26-19(24)20-8-9-25-17(22)12(2)3/h14-16,21H,2,4,7-11H2,1,3,5-6H3,(H,20,24). The van der Waals surface area contributed by atoms with E-state index >= 15 is 0 Å². The van der Waals surface area contributed by atoms with Gasteiger partial charge < -0.3 is 24.6 Å². The van der Waals surface area contributed by atoms with Gasteiger partial charge in [0.15, 0.2) is 0 Å². The number of rotatable bonds is 12. The number of esters is 2. The maximum Gasteiger partial charge on any atom is 0.407 e. The van der Waals surface area contributed by atoms with Gasteiger partial charge in [-0.1, -0.05) is 20.1 Å². The Balaban J connectivity index is 4.13. The van der Waals surface area contributed by atoms with Crippen molar-refractivity contribution in [3.05, 3.63) is 24.3 Å². The lowest BCUT2D eigenvalue weighted by Crippen LogP contribution is -2.33. The minimum absolute atomic E-state index is 0.00403. The molecule has 0 heterocycles. The Kier molecular flexibility index (Phi) is 11.8. The molecule has 3 unspecified atom stereocenters. The average Bonchev–Trinajstić information content (AvgIpc) is 2.56. The largest absolute Gasteiger partial charge is 0.460 e. The summed E-state index contributed by atoms with van der Waals surface area (Å²) in [7, 11) is 0. The van der Waals surface area contributed by atoms with Gasteiger partial charge in [-0.05, 0) is 27.2 Å². The van der Waals surface area contributed by atoms with Gasteiger partial charge in [-0.15, -0.1) is 0 Å². The van der Waals surface area contributed by atoms with Crippen LogP contribution in [0.15, 0.2) is 24.3 Å². The molecule has 0 saturated heterocycles. The summed E-state index contributed by atoms with van der Waals surface area (Å²) < 4.78 is 15.2. The van der Waals surface area contributed by atoms with Crippen molar-refractivity contribution in [2.45, 2.75) is 65.3 Å². The van der Waals surface area contributed by atoms with Gasteiger partial charge in [0, 0.05) is 24.0 Å². The number of hydrogen-bond acceptors (Lipinski definition) is 7. The third-order valence-electron chi connectivity index (χ3n) is 3.48. The van der Waals surface area contributed by atoms with Crippen molar-refractivity contribution in [1.29, 1.82) is 0 Å². The summed E-state index contributed by atoms with van der Waals surface area (Å²) in [5.41, 5.74) is 0.574. The molecule has 0 aliphatic carbocycles. The van der Waals surface area contributed by atoms with E-state index < -0.39 is 36.3 Å². The van der Waals surface area contributed by atoms with Crippen LogP contribution in [0, 0.1) is 0 Å². The molecule has 27 heavy (non-hydrogen) atoms. The van der Waals surface area contributed by atoms with Gasteiger partial charge in [-0.25, -0.2) is 14.4 Å². The first-order chi connectivity index (χ1) is 12.6. The van der Waals surface area contributed by atoms with Crippen molar-refractivity contribution >= 4 is 18.0 Å². The van der Waals surface area contributed by atoms with Crippen LogP contribution in [0.1, 0.15) is 47.0 Å². The Labute approximate surface area is 160 Å². The Morgan fingerprint density at radius 3 is 2.15 bits per heavy atom. The number of nitrogens with one attached hydrogen (secondary N) is 1. The molecule has 0 aromatic rings. The van der Waals surface area contributed by atoms with Gasteiger partial charge in [0.1, 0.15) is 18.8 Å². The molecule has 154 valence electrons. The van der Waals surface area contributed by atoms with Crippen LogP contribution in [0.5, 0.6) is 0 Å². The van der Waals surface area contributed by atoms with Gasteiger partial charge in [0.2, 0.25) is 0 Å². The van der Waals surface area contributed by atoms with E-state index in [1.54, 1.807) is 13.8 Å². The Morgan fingerprint density at radius 1 is 1.04 bits per heavy atom. The molecule has 0 aliphatic rings. The Bertz CT molecular complexity index is 544. The van der Waals surface area contributed by atoms with Crippen molar-refractivity contribution in [2.75, 3.05) is 13.2 Å². The van der Waals surface area contributed by atoms with E-state index in [4.69, 9.17) is 14.2 Å². The van der Waals surface area contributed by atoms with Gasteiger partial charge in [-0.2, -0.15) is 0 Å². The minimum Gasteiger partial charge on any atom is -0.460 e. The second-order valence-electron chi connectivity index (χ2n) is 6.40. The molecule has 0 aromatic carbocycles. The number of carbonyl (C=O) groups is 3. The first-order valence-corrected chi connectivity index (χ1v) is 8.88. The summed E-state index contributed by atoms with van der Waals surface area (Å²) >= 11 is 0. The first-order valence-electron chi connectivity index (χ1n) is 8.88. The van der Waals surface area contributed by atoms with E-state index in [9.17, 15) is 19.5 Å². The monoisotopic (exact) mass is 385 g/mol. The van der Waals surface area contributed by atoms with Gasteiger partial charge in [0.25, 0.3) is 0 Å². The zero-order valence-corrected chi connectivity index (χ0v) is 16.6. The summed E-state index contributed by atoms with van der Waals surface area (Å²) in [6.45, 7) is 13.6. The van der Waals surface area contributed by atoms with Gasteiger partial charge >= 0.3 is 18.0 Å². The van der Waals surface area contributed by atoms with E-state index in [0.717, 1.165) is 0 Å². The summed E-state index contributed by atoms with van der Waals surface area (Å²) in [6.07, 6.45) is -1.48. The van der Waals surface area contributed by atoms with Crippen molar-refractivity contribution in [3.63, 3.8) is 0 Å². The van der Waals surface area contributed by atoms with Crippen LogP contribution in [-0.4, -0.2) is 54.6 Å². The van der Waals surface area contributed by atoms with Crippen molar-refractivity contribution < 1.29 is 33.7 Å². The molecule has 0 bridgehead atoms. The topological polar surface area (TPSA) is 111 Å². The van der Waals surface area contributed by atoms with Crippen LogP contribution in [0.25, 0.3) is 0 Å². The average molecular weight is 385 g/mol. The predicted molar refractivity (Wildman–Crippen MR) is 99.9 cm³/mol. The molecular weight excluding hydrogens is 354 g/mol. The highest BCUT2D eigenvalue weighted by molar-refractivity contribution is 5.87. The molecular formula is C19H31NO7. The molecule has 0 aliphatic heterocycles. The molecule has 2 N–H and O–H groups in total. The second kappa shape index (κ2) is 12.9. The highest BCUT2D eigenvalue weighted by atomic mass is 16.6. The lowest BCUT2D eigenvalue weighted by atomic mass is 10.0. The van der Waals surface area contributed by atoms with Crippen molar-refractivity contribution in [3.8, 4) is 0 Å². The molecule has 0 rings (SSSR count). The summed E-state index contributed by atoms with van der Waals surface area (Å²) in [6, 6.07) is 0. The molecule has 8 nitrogen and oxygen atoms in total. The summed E-state index contributed by atoms with van der Waals surface area (Å²) in [5.74, 6) is -1.02. The molecule has 3 atom stereocenters. The normalized spacial score (nSPS) is 13.7. The van der Waals surface area contributed by atoms with E-state index in [1.807, 2.05) is 6.92 Å². The summed E-state index contributed by atoms with van der Waals surface area (Å²) in [4.78, 5) is 34.4. The fourth-order valence-electron chi connectivity index (χ4n) is 2.03. The molecule has 0 aromatic heterocycles. The predicted octanol–water partition coefficient (Wildman–Crippen LogP) is 2.26. The third-order valence-corrected chi connectivity index (χ3v) is 3.48. The number of aliphatic hydroxyl groups is 1. The molecule has 1 amide bonds. The van der Waals surface area contributed by atoms with Crippen LogP contribution in [0.2, 0.25) is 0 Å². The zero-order valence-electron chi connectivity index (χ0n) is 16.6. The van der Waals surface area contributed by atoms with Gasteiger partial charge in [-0.3, -0.25) is 0 Å². The zero-order chi connectivity index (χ0) is 21.0. The fraction of sp³-hybridized carbons (Fsp3) is 0.632. The SMILES string of the molecule is C=C(C)C(=O)OCCNC(=O)OC(C)CC(O)CC(CC)OC(=O)C(=C)C. The van der Waals surface area contributed by atoms with Crippen molar-refractivity contribution in [1.82, 2.24) is 5.32 Å². The van der Waals surface area contributed by atoms with Crippen LogP contribution in [0.4, 0.5) is 4.79 Å². The molecule has 8 heteroatoms. The molecule has 0 saturated carbocycles. The maximum absolute atomic E-state index is 11.7. The van der Waals surface area contributed by atoms with Crippen LogP contribution < -0.4 is 5.32 Å². The lowest BCUT2D eigenvalue weighted by molar-refractivity contribution is -0.146. The quantitative estimate of drug-likeness (QED) is 0.229. The number of carbonyl (C=O) groups excluding carboxylic acids is 3. The minimum atomic E-state index is -0.799. The highest BCUT2D eigenvalue weighted by Gasteiger charge is 2.21. The number of amides is 1. The number of aliphatic hydroxyl groups excluding tert-OH is 1. The summed E-state index contributed by atoms with van der Waals surface area (Å²) in [5, 5.41) is 12.6. The van der Waals surface area contributed by atoms with Crippen LogP contribution in [0.3, 0.4) is 0 Å².